The summed E-state index contributed by atoms with van der Waals surface area (Å²) in [5, 5.41) is 11.3. The van der Waals surface area contributed by atoms with Gasteiger partial charge in [0, 0.05) is 6.07 Å². The summed E-state index contributed by atoms with van der Waals surface area (Å²) in [6.07, 6.45) is 0.0463. The molecule has 5 heteroatoms. The van der Waals surface area contributed by atoms with Crippen LogP contribution in [0.3, 0.4) is 0 Å². The lowest BCUT2D eigenvalue weighted by atomic mass is 10.3. The predicted molar refractivity (Wildman–Crippen MR) is 52.5 cm³/mol. The SMILES string of the molecule is CC(C)Oc1cccc(C(N)=NO)n1. The van der Waals surface area contributed by atoms with E-state index in [1.807, 2.05) is 13.8 Å². The van der Waals surface area contributed by atoms with E-state index in [0.29, 0.717) is 11.6 Å². The maximum Gasteiger partial charge on any atom is 0.214 e. The second-order valence-electron chi connectivity index (χ2n) is 3.01. The van der Waals surface area contributed by atoms with Gasteiger partial charge in [-0.25, -0.2) is 4.98 Å². The number of rotatable bonds is 3. The third-order valence-corrected chi connectivity index (χ3v) is 1.45. The first-order valence-corrected chi connectivity index (χ1v) is 4.25. The average Bonchev–Trinajstić information content (AvgIpc) is 2.16. The fourth-order valence-electron chi connectivity index (χ4n) is 0.916. The van der Waals surface area contributed by atoms with Gasteiger partial charge in [0.25, 0.3) is 0 Å². The quantitative estimate of drug-likeness (QED) is 0.326. The smallest absolute Gasteiger partial charge is 0.214 e. The van der Waals surface area contributed by atoms with Crippen molar-refractivity contribution in [1.29, 1.82) is 0 Å². The lowest BCUT2D eigenvalue weighted by molar-refractivity contribution is 0.232. The van der Waals surface area contributed by atoms with Gasteiger partial charge in [-0.2, -0.15) is 0 Å². The van der Waals surface area contributed by atoms with Crippen molar-refractivity contribution in [2.45, 2.75) is 20.0 Å². The molecule has 1 aromatic rings. The fraction of sp³-hybridized carbons (Fsp3) is 0.333. The summed E-state index contributed by atoms with van der Waals surface area (Å²) in [6.45, 7) is 3.80. The van der Waals surface area contributed by atoms with Gasteiger partial charge in [0.05, 0.1) is 6.10 Å². The predicted octanol–water partition coefficient (Wildman–Crippen LogP) is 0.963. The number of ether oxygens (including phenoxy) is 1. The zero-order valence-electron chi connectivity index (χ0n) is 8.14. The highest BCUT2D eigenvalue weighted by atomic mass is 16.5. The molecule has 0 bridgehead atoms. The van der Waals surface area contributed by atoms with Gasteiger partial charge in [-0.05, 0) is 19.9 Å². The summed E-state index contributed by atoms with van der Waals surface area (Å²) in [6, 6.07) is 5.09. The van der Waals surface area contributed by atoms with Gasteiger partial charge < -0.3 is 15.7 Å². The molecule has 76 valence electrons. The summed E-state index contributed by atoms with van der Waals surface area (Å²) in [5.74, 6) is 0.434. The highest BCUT2D eigenvalue weighted by Crippen LogP contribution is 2.09. The van der Waals surface area contributed by atoms with Gasteiger partial charge in [0.1, 0.15) is 5.69 Å². The Balaban J connectivity index is 2.90. The van der Waals surface area contributed by atoms with Crippen LogP contribution in [0.25, 0.3) is 0 Å². The molecule has 0 saturated heterocycles. The first kappa shape index (κ1) is 10.3. The molecule has 0 unspecified atom stereocenters. The van der Waals surface area contributed by atoms with Crippen LogP contribution >= 0.6 is 0 Å². The standard InChI is InChI=1S/C9H13N3O2/c1-6(2)14-8-5-3-4-7(11-8)9(10)12-13/h3-6,13H,1-2H3,(H2,10,12). The third-order valence-electron chi connectivity index (χ3n) is 1.45. The van der Waals surface area contributed by atoms with E-state index < -0.39 is 0 Å². The van der Waals surface area contributed by atoms with Crippen LogP contribution in [-0.2, 0) is 0 Å². The van der Waals surface area contributed by atoms with E-state index in [4.69, 9.17) is 15.7 Å². The lowest BCUT2D eigenvalue weighted by Crippen LogP contribution is -2.16. The highest BCUT2D eigenvalue weighted by Gasteiger charge is 2.03. The molecular formula is C9H13N3O2. The molecule has 1 heterocycles. The first-order valence-electron chi connectivity index (χ1n) is 4.25. The van der Waals surface area contributed by atoms with Gasteiger partial charge >= 0.3 is 0 Å². The van der Waals surface area contributed by atoms with Gasteiger partial charge in [-0.3, -0.25) is 0 Å². The molecule has 5 nitrogen and oxygen atoms in total. The van der Waals surface area contributed by atoms with Crippen LogP contribution in [0.15, 0.2) is 23.4 Å². The molecule has 1 rings (SSSR count). The molecule has 0 aliphatic carbocycles. The molecule has 14 heavy (non-hydrogen) atoms. The molecule has 0 radical (unpaired) electrons. The Hall–Kier alpha value is -1.78. The average molecular weight is 195 g/mol. The number of aromatic nitrogens is 1. The van der Waals surface area contributed by atoms with Crippen molar-refractivity contribution in [3.05, 3.63) is 23.9 Å². The van der Waals surface area contributed by atoms with Crippen LogP contribution in [0, 0.1) is 0 Å². The van der Waals surface area contributed by atoms with E-state index >= 15 is 0 Å². The zero-order chi connectivity index (χ0) is 10.6. The van der Waals surface area contributed by atoms with Crippen LogP contribution in [0.1, 0.15) is 19.5 Å². The van der Waals surface area contributed by atoms with Crippen molar-refractivity contribution >= 4 is 5.84 Å². The van der Waals surface area contributed by atoms with Crippen LogP contribution in [0.5, 0.6) is 5.88 Å². The minimum atomic E-state index is -0.0285. The van der Waals surface area contributed by atoms with Crippen LogP contribution in [0.4, 0.5) is 0 Å². The maximum atomic E-state index is 8.44. The van der Waals surface area contributed by atoms with Crippen molar-refractivity contribution < 1.29 is 9.94 Å². The Morgan fingerprint density at radius 3 is 2.86 bits per heavy atom. The molecular weight excluding hydrogens is 182 g/mol. The summed E-state index contributed by atoms with van der Waals surface area (Å²) >= 11 is 0. The van der Waals surface area contributed by atoms with E-state index in [1.165, 1.54) is 0 Å². The first-order chi connectivity index (χ1) is 6.63. The van der Waals surface area contributed by atoms with Crippen LogP contribution in [0.2, 0.25) is 0 Å². The monoisotopic (exact) mass is 195 g/mol. The maximum absolute atomic E-state index is 8.44. The second kappa shape index (κ2) is 4.45. The van der Waals surface area contributed by atoms with E-state index in [9.17, 15) is 0 Å². The van der Waals surface area contributed by atoms with Crippen LogP contribution in [-0.4, -0.2) is 22.1 Å². The number of pyridine rings is 1. The number of hydrogen-bond acceptors (Lipinski definition) is 4. The molecule has 0 saturated carbocycles. The normalized spacial score (nSPS) is 11.8. The Morgan fingerprint density at radius 2 is 2.29 bits per heavy atom. The van der Waals surface area contributed by atoms with Gasteiger partial charge in [-0.1, -0.05) is 11.2 Å². The highest BCUT2D eigenvalue weighted by molar-refractivity contribution is 5.95. The second-order valence-corrected chi connectivity index (χ2v) is 3.01. The van der Waals surface area contributed by atoms with Crippen molar-refractivity contribution in [1.82, 2.24) is 4.98 Å². The van der Waals surface area contributed by atoms with Crippen molar-refractivity contribution in [2.75, 3.05) is 0 Å². The Labute approximate surface area is 82.2 Å². The van der Waals surface area contributed by atoms with Crippen molar-refractivity contribution in [3.63, 3.8) is 0 Å². The molecule has 0 aromatic carbocycles. The van der Waals surface area contributed by atoms with E-state index in [0.717, 1.165) is 0 Å². The largest absolute Gasteiger partial charge is 0.475 e. The molecule has 0 aliphatic rings. The van der Waals surface area contributed by atoms with Gasteiger partial charge in [-0.15, -0.1) is 0 Å². The Morgan fingerprint density at radius 1 is 1.57 bits per heavy atom. The molecule has 3 N–H and O–H groups in total. The topological polar surface area (TPSA) is 80.7 Å². The minimum absolute atomic E-state index is 0.0285. The summed E-state index contributed by atoms with van der Waals surface area (Å²) in [5.41, 5.74) is 5.77. The molecule has 0 aliphatic heterocycles. The summed E-state index contributed by atoms with van der Waals surface area (Å²) < 4.78 is 5.35. The number of nitrogens with zero attached hydrogens (tertiary/aromatic N) is 2. The van der Waals surface area contributed by atoms with E-state index in [1.54, 1.807) is 18.2 Å². The van der Waals surface area contributed by atoms with Gasteiger partial charge in [0.15, 0.2) is 5.84 Å². The molecule has 0 atom stereocenters. The molecule has 0 spiro atoms. The van der Waals surface area contributed by atoms with Gasteiger partial charge in [0.2, 0.25) is 5.88 Å². The minimum Gasteiger partial charge on any atom is -0.475 e. The van der Waals surface area contributed by atoms with Crippen molar-refractivity contribution in [3.8, 4) is 5.88 Å². The zero-order valence-corrected chi connectivity index (χ0v) is 8.14. The number of oxime groups is 1. The number of hydrogen-bond donors (Lipinski definition) is 2. The van der Waals surface area contributed by atoms with E-state index in [2.05, 4.69) is 10.1 Å². The lowest BCUT2D eigenvalue weighted by Gasteiger charge is -2.08. The molecule has 0 fully saturated rings. The Bertz CT molecular complexity index is 337. The number of nitrogens with two attached hydrogens (primary N) is 1. The van der Waals surface area contributed by atoms with Crippen LogP contribution < -0.4 is 10.5 Å². The molecule has 0 amide bonds. The number of amidine groups is 1. The Kier molecular flexibility index (Phi) is 3.28. The third kappa shape index (κ3) is 2.62. The van der Waals surface area contributed by atoms with E-state index in [-0.39, 0.29) is 11.9 Å². The summed E-state index contributed by atoms with van der Waals surface area (Å²) in [7, 11) is 0. The summed E-state index contributed by atoms with van der Waals surface area (Å²) in [4.78, 5) is 4.05. The van der Waals surface area contributed by atoms with Crippen molar-refractivity contribution in [2.24, 2.45) is 10.9 Å². The fourth-order valence-corrected chi connectivity index (χ4v) is 0.916. The molecule has 1 aromatic heterocycles.